The fraction of sp³-hybridized carbons (Fsp3) is 0.111. The van der Waals surface area contributed by atoms with Crippen LogP contribution in [0.5, 0.6) is 0 Å². The van der Waals surface area contributed by atoms with Gasteiger partial charge in [-0.1, -0.05) is 60.7 Å². The van der Waals surface area contributed by atoms with E-state index in [-0.39, 0.29) is 17.7 Å². The zero-order valence-electron chi connectivity index (χ0n) is 12.3. The van der Waals surface area contributed by atoms with Gasteiger partial charge >= 0.3 is 0 Å². The molecular formula is C18H14N2O2S. The molecule has 0 bridgehead atoms. The Balaban J connectivity index is 2.39. The third-order valence-electron chi connectivity index (χ3n) is 3.24. The van der Waals surface area contributed by atoms with Gasteiger partial charge in [0.15, 0.2) is 14.7 Å². The average molecular weight is 322 g/mol. The van der Waals surface area contributed by atoms with Crippen molar-refractivity contribution in [2.75, 3.05) is 0 Å². The molecule has 0 N–H and O–H groups in total. The van der Waals surface area contributed by atoms with E-state index in [1.165, 1.54) is 0 Å². The van der Waals surface area contributed by atoms with Gasteiger partial charge in [-0.05, 0) is 11.1 Å². The van der Waals surface area contributed by atoms with Crippen LogP contribution in [0.15, 0.2) is 71.1 Å². The molecule has 0 spiro atoms. The van der Waals surface area contributed by atoms with Gasteiger partial charge in [-0.15, -0.1) is 0 Å². The number of sulfone groups is 1. The number of nitrogens with zero attached hydrogens (tertiary/aromatic N) is 2. The van der Waals surface area contributed by atoms with E-state index in [9.17, 15) is 18.9 Å². The molecular weight excluding hydrogens is 308 g/mol. The molecule has 0 aliphatic rings. The van der Waals surface area contributed by atoms with E-state index in [1.54, 1.807) is 60.7 Å². The molecule has 0 heterocycles. The van der Waals surface area contributed by atoms with Crippen molar-refractivity contribution in [2.45, 2.75) is 12.2 Å². The van der Waals surface area contributed by atoms with E-state index in [2.05, 4.69) is 0 Å². The standard InChI is InChI=1S/C18H14N2O2S/c19-12-17(11-15-7-3-1-4-8-15)18(13-20)23(21,22)14-16-9-5-2-6-10-16/h1-10H,11,14H2/b18-17-. The summed E-state index contributed by atoms with van der Waals surface area (Å²) in [4.78, 5) is -0.451. The molecule has 23 heavy (non-hydrogen) atoms. The lowest BCUT2D eigenvalue weighted by Crippen LogP contribution is -2.10. The van der Waals surface area contributed by atoms with Gasteiger partial charge in [-0.2, -0.15) is 10.5 Å². The number of hydrogen-bond acceptors (Lipinski definition) is 4. The maximum atomic E-state index is 12.5. The van der Waals surface area contributed by atoms with E-state index < -0.39 is 14.7 Å². The molecule has 0 amide bonds. The Bertz CT molecular complexity index is 888. The zero-order valence-corrected chi connectivity index (χ0v) is 13.1. The summed E-state index contributed by atoms with van der Waals surface area (Å²) in [7, 11) is -3.86. The SMILES string of the molecule is N#C/C(Cc1ccccc1)=C(/C#N)S(=O)(=O)Cc1ccccc1. The molecule has 0 saturated heterocycles. The topological polar surface area (TPSA) is 81.7 Å². The summed E-state index contributed by atoms with van der Waals surface area (Å²) in [6, 6.07) is 21.2. The monoisotopic (exact) mass is 322 g/mol. The summed E-state index contributed by atoms with van der Waals surface area (Å²) in [6.45, 7) is 0. The summed E-state index contributed by atoms with van der Waals surface area (Å²) in [5, 5.41) is 18.6. The van der Waals surface area contributed by atoms with E-state index >= 15 is 0 Å². The van der Waals surface area contributed by atoms with Gasteiger partial charge < -0.3 is 0 Å². The van der Waals surface area contributed by atoms with Crippen molar-refractivity contribution in [3.63, 3.8) is 0 Å². The molecule has 5 heteroatoms. The molecule has 0 radical (unpaired) electrons. The lowest BCUT2D eigenvalue weighted by molar-refractivity contribution is 0.602. The lowest BCUT2D eigenvalue weighted by Gasteiger charge is -2.06. The van der Waals surface area contributed by atoms with Crippen LogP contribution >= 0.6 is 0 Å². The molecule has 0 aromatic heterocycles. The fourth-order valence-electron chi connectivity index (χ4n) is 2.16. The summed E-state index contributed by atoms with van der Waals surface area (Å²) in [5.74, 6) is -0.295. The van der Waals surface area contributed by atoms with Crippen LogP contribution in [0.3, 0.4) is 0 Å². The van der Waals surface area contributed by atoms with Crippen LogP contribution < -0.4 is 0 Å². The van der Waals surface area contributed by atoms with Gasteiger partial charge in [0.05, 0.1) is 17.4 Å². The zero-order chi connectivity index (χ0) is 16.7. The second-order valence-electron chi connectivity index (χ2n) is 4.94. The Morgan fingerprint density at radius 3 is 1.83 bits per heavy atom. The van der Waals surface area contributed by atoms with Crippen molar-refractivity contribution in [3.05, 3.63) is 82.3 Å². The molecule has 0 aliphatic carbocycles. The first kappa shape index (κ1) is 16.5. The number of hydrogen-bond donors (Lipinski definition) is 0. The highest BCUT2D eigenvalue weighted by molar-refractivity contribution is 7.94. The fourth-order valence-corrected chi connectivity index (χ4v) is 3.57. The van der Waals surface area contributed by atoms with E-state index in [1.807, 2.05) is 12.1 Å². The number of rotatable bonds is 5. The first-order chi connectivity index (χ1) is 11.1. The Labute approximate surface area is 135 Å². The molecule has 0 fully saturated rings. The highest BCUT2D eigenvalue weighted by Crippen LogP contribution is 2.20. The molecule has 0 aliphatic heterocycles. The number of benzene rings is 2. The van der Waals surface area contributed by atoms with Crippen LogP contribution in [0.1, 0.15) is 11.1 Å². The highest BCUT2D eigenvalue weighted by atomic mass is 32.2. The molecule has 0 saturated carbocycles. The Morgan fingerprint density at radius 2 is 1.35 bits per heavy atom. The van der Waals surface area contributed by atoms with Crippen LogP contribution in [0.4, 0.5) is 0 Å². The number of allylic oxidation sites excluding steroid dienone is 2. The van der Waals surface area contributed by atoms with Crippen LogP contribution in [-0.2, 0) is 22.0 Å². The molecule has 2 aromatic rings. The van der Waals surface area contributed by atoms with E-state index in [0.717, 1.165) is 5.56 Å². The quantitative estimate of drug-likeness (QED) is 0.792. The predicted octanol–water partition coefficient (Wildman–Crippen LogP) is 3.15. The Kier molecular flexibility index (Phi) is 5.30. The Morgan fingerprint density at radius 1 is 0.826 bits per heavy atom. The minimum absolute atomic E-state index is 0.0327. The summed E-state index contributed by atoms with van der Waals surface area (Å²) >= 11 is 0. The predicted molar refractivity (Wildman–Crippen MR) is 87.5 cm³/mol. The Hall–Kier alpha value is -2.89. The van der Waals surface area contributed by atoms with Gasteiger partial charge in [0, 0.05) is 6.42 Å². The van der Waals surface area contributed by atoms with Crippen molar-refractivity contribution in [1.82, 2.24) is 0 Å². The van der Waals surface area contributed by atoms with Crippen LogP contribution in [-0.4, -0.2) is 8.42 Å². The highest BCUT2D eigenvalue weighted by Gasteiger charge is 2.23. The van der Waals surface area contributed by atoms with E-state index in [0.29, 0.717) is 5.56 Å². The van der Waals surface area contributed by atoms with Gasteiger partial charge in [0.25, 0.3) is 0 Å². The molecule has 0 unspecified atom stereocenters. The van der Waals surface area contributed by atoms with Crippen molar-refractivity contribution in [1.29, 1.82) is 10.5 Å². The second kappa shape index (κ2) is 7.40. The van der Waals surface area contributed by atoms with Crippen molar-refractivity contribution in [3.8, 4) is 12.1 Å². The van der Waals surface area contributed by atoms with Gasteiger partial charge in [-0.25, -0.2) is 8.42 Å². The van der Waals surface area contributed by atoms with Crippen LogP contribution in [0.25, 0.3) is 0 Å². The number of nitriles is 2. The normalized spacial score (nSPS) is 11.9. The minimum atomic E-state index is -3.86. The third-order valence-corrected chi connectivity index (χ3v) is 4.92. The minimum Gasteiger partial charge on any atom is -0.223 e. The first-order valence-corrected chi connectivity index (χ1v) is 8.56. The second-order valence-corrected chi connectivity index (χ2v) is 6.86. The van der Waals surface area contributed by atoms with Crippen LogP contribution in [0.2, 0.25) is 0 Å². The van der Waals surface area contributed by atoms with Crippen molar-refractivity contribution in [2.24, 2.45) is 0 Å². The van der Waals surface area contributed by atoms with Crippen LogP contribution in [0, 0.1) is 22.7 Å². The van der Waals surface area contributed by atoms with Crippen molar-refractivity contribution >= 4 is 9.84 Å². The van der Waals surface area contributed by atoms with E-state index in [4.69, 9.17) is 0 Å². The van der Waals surface area contributed by atoms with Gasteiger partial charge in [-0.3, -0.25) is 0 Å². The molecule has 0 atom stereocenters. The summed E-state index contributed by atoms with van der Waals surface area (Å²) < 4.78 is 25.0. The van der Waals surface area contributed by atoms with Crippen molar-refractivity contribution < 1.29 is 8.42 Å². The molecule has 4 nitrogen and oxygen atoms in total. The third kappa shape index (κ3) is 4.29. The largest absolute Gasteiger partial charge is 0.223 e. The van der Waals surface area contributed by atoms with Gasteiger partial charge in [0.1, 0.15) is 6.07 Å². The summed E-state index contributed by atoms with van der Waals surface area (Å²) in [5.41, 5.74) is 1.33. The molecule has 2 aromatic carbocycles. The first-order valence-electron chi connectivity index (χ1n) is 6.91. The smallest absolute Gasteiger partial charge is 0.193 e. The van der Waals surface area contributed by atoms with Gasteiger partial charge in [0.2, 0.25) is 0 Å². The lowest BCUT2D eigenvalue weighted by atomic mass is 10.1. The molecule has 114 valence electrons. The molecule has 2 rings (SSSR count). The summed E-state index contributed by atoms with van der Waals surface area (Å²) in [6.07, 6.45) is 0.119. The maximum absolute atomic E-state index is 12.5. The average Bonchev–Trinajstić information content (AvgIpc) is 2.55. The maximum Gasteiger partial charge on any atom is 0.193 e.